The normalized spacial score (nSPS) is 15.5. The average molecular weight is 447 g/mol. The molecule has 6 nitrogen and oxygen atoms in total. The Kier molecular flexibility index (Phi) is 8.04. The van der Waals surface area contributed by atoms with Crippen molar-refractivity contribution in [3.8, 4) is 6.07 Å². The minimum atomic E-state index is -1.37. The lowest BCUT2D eigenvalue weighted by molar-refractivity contribution is -0.385. The number of hydrogen-bond acceptors (Lipinski definition) is 5. The van der Waals surface area contributed by atoms with E-state index >= 15 is 0 Å². The number of rotatable bonds is 9. The topological polar surface area (TPSA) is 93.2 Å². The molecule has 0 heterocycles. The number of nitro benzene ring substituents is 1. The maximum Gasteiger partial charge on any atom is 0.269 e. The van der Waals surface area contributed by atoms with E-state index in [2.05, 4.69) is 0 Å². The van der Waals surface area contributed by atoms with Gasteiger partial charge in [0, 0.05) is 44.4 Å². The second-order valence-corrected chi connectivity index (χ2v) is 10.9. The summed E-state index contributed by atoms with van der Waals surface area (Å²) in [7, 11) is -1.37. The lowest BCUT2D eigenvalue weighted by Gasteiger charge is -2.35. The number of hydrogen-bond donors (Lipinski definition) is 0. The second-order valence-electron chi connectivity index (χ2n) is 8.66. The zero-order chi connectivity index (χ0) is 23.2. The minimum absolute atomic E-state index is 0.0772. The molecular weight excluding hydrogens is 419 g/mol. The highest BCUT2D eigenvalue weighted by molar-refractivity contribution is 7.86. The zero-order valence-electron chi connectivity index (χ0n) is 18.1. The lowest BCUT2D eigenvalue weighted by Crippen LogP contribution is -2.38. The van der Waals surface area contributed by atoms with Gasteiger partial charge in [-0.05, 0) is 38.8 Å². The fourth-order valence-electron chi connectivity index (χ4n) is 3.33. The molecule has 8 heteroatoms. The van der Waals surface area contributed by atoms with Crippen LogP contribution in [0.2, 0.25) is 0 Å². The van der Waals surface area contributed by atoms with Crippen molar-refractivity contribution >= 4 is 16.5 Å². The summed E-state index contributed by atoms with van der Waals surface area (Å²) in [5, 5.41) is 20.3. The van der Waals surface area contributed by atoms with Gasteiger partial charge in [-0.2, -0.15) is 5.26 Å². The molecule has 0 aromatic heterocycles. The fraction of sp³-hybridized carbons (Fsp3) is 0.435. The van der Waals surface area contributed by atoms with Crippen LogP contribution < -0.4 is 0 Å². The van der Waals surface area contributed by atoms with Crippen molar-refractivity contribution in [2.75, 3.05) is 12.4 Å². The summed E-state index contributed by atoms with van der Waals surface area (Å²) < 4.78 is 33.2. The predicted molar refractivity (Wildman–Crippen MR) is 119 cm³/mol. The van der Waals surface area contributed by atoms with Crippen LogP contribution in [-0.2, 0) is 21.0 Å². The number of nitrogens with zero attached hydrogens (tertiary/aromatic N) is 2. The van der Waals surface area contributed by atoms with E-state index in [1.807, 2.05) is 57.2 Å². The van der Waals surface area contributed by atoms with Crippen molar-refractivity contribution < 1.29 is 18.3 Å². The van der Waals surface area contributed by atoms with Gasteiger partial charge in [-0.15, -0.1) is 0 Å². The van der Waals surface area contributed by atoms with Crippen molar-refractivity contribution in [1.29, 1.82) is 5.26 Å². The summed E-state index contributed by atoms with van der Waals surface area (Å²) >= 11 is 0. The third-order valence-electron chi connectivity index (χ3n) is 5.10. The molecule has 0 aliphatic carbocycles. The minimum Gasteiger partial charge on any atom is -0.359 e. The molecular formula is C23H27FN2O4S. The van der Waals surface area contributed by atoms with Crippen LogP contribution in [-0.4, -0.2) is 26.2 Å². The summed E-state index contributed by atoms with van der Waals surface area (Å²) in [6.45, 7) is 7.05. The molecule has 0 N–H and O–H groups in total. The van der Waals surface area contributed by atoms with Crippen molar-refractivity contribution in [2.45, 2.75) is 50.4 Å². The quantitative estimate of drug-likeness (QED) is 0.389. The second kappa shape index (κ2) is 10.1. The first-order valence-corrected chi connectivity index (χ1v) is 11.2. The first kappa shape index (κ1) is 24.6. The van der Waals surface area contributed by atoms with Crippen LogP contribution in [0.15, 0.2) is 48.5 Å². The standard InChI is InChI=1S/C23H27FN2O4S/c1-22(2,3)31(29)16-23(4,19-14-18(26(27)28)10-11-20(19)24)15-21(30-13-12-25)17-8-6-5-7-9-17/h5-11,14,21H,13,15-16H2,1-4H3/t21-,23+,31-/m0/s1. The number of ether oxygens (including phenoxy) is 1. The van der Waals surface area contributed by atoms with Gasteiger partial charge in [0.15, 0.2) is 0 Å². The Bertz CT molecular complexity index is 985. The smallest absolute Gasteiger partial charge is 0.269 e. The summed E-state index contributed by atoms with van der Waals surface area (Å²) in [5.41, 5.74) is -0.389. The molecule has 2 aromatic carbocycles. The number of non-ortho nitro benzene ring substituents is 1. The first-order chi connectivity index (χ1) is 14.5. The summed E-state index contributed by atoms with van der Waals surface area (Å²) in [6.07, 6.45) is -0.389. The molecule has 0 saturated carbocycles. The number of halogens is 1. The third-order valence-corrected chi connectivity index (χ3v) is 7.37. The van der Waals surface area contributed by atoms with E-state index in [1.165, 1.54) is 6.07 Å². The van der Waals surface area contributed by atoms with E-state index in [1.54, 1.807) is 6.92 Å². The van der Waals surface area contributed by atoms with Gasteiger partial charge < -0.3 is 4.74 Å². The predicted octanol–water partition coefficient (Wildman–Crippen LogP) is 5.21. The highest BCUT2D eigenvalue weighted by Crippen LogP contribution is 2.40. The monoisotopic (exact) mass is 446 g/mol. The van der Waals surface area contributed by atoms with Gasteiger partial charge in [0.25, 0.3) is 5.69 Å². The van der Waals surface area contributed by atoms with Crippen LogP contribution in [0, 0.1) is 27.3 Å². The van der Waals surface area contributed by atoms with Gasteiger partial charge in [-0.25, -0.2) is 4.39 Å². The van der Waals surface area contributed by atoms with Crippen LogP contribution in [0.5, 0.6) is 0 Å². The molecule has 0 fully saturated rings. The maximum absolute atomic E-state index is 15.0. The highest BCUT2D eigenvalue weighted by atomic mass is 32.2. The number of nitriles is 1. The van der Waals surface area contributed by atoms with E-state index in [0.717, 1.165) is 17.7 Å². The molecule has 31 heavy (non-hydrogen) atoms. The molecule has 0 amide bonds. The van der Waals surface area contributed by atoms with Crippen molar-refractivity contribution in [2.24, 2.45) is 0 Å². The zero-order valence-corrected chi connectivity index (χ0v) is 18.9. The third kappa shape index (κ3) is 6.42. The van der Waals surface area contributed by atoms with Crippen LogP contribution in [0.1, 0.15) is 51.3 Å². The van der Waals surface area contributed by atoms with Crippen molar-refractivity contribution in [1.82, 2.24) is 0 Å². The molecule has 0 bridgehead atoms. The Balaban J connectivity index is 2.58. The maximum atomic E-state index is 15.0. The first-order valence-electron chi connectivity index (χ1n) is 9.84. The molecule has 2 rings (SSSR count). The Morgan fingerprint density at radius 3 is 2.39 bits per heavy atom. The Morgan fingerprint density at radius 1 is 1.19 bits per heavy atom. The van der Waals surface area contributed by atoms with E-state index in [0.29, 0.717) is 0 Å². The molecule has 2 aromatic rings. The van der Waals surface area contributed by atoms with Crippen LogP contribution in [0.3, 0.4) is 0 Å². The number of nitro groups is 1. The van der Waals surface area contributed by atoms with Crippen molar-refractivity contribution in [3.05, 3.63) is 75.6 Å². The lowest BCUT2D eigenvalue weighted by atomic mass is 9.77. The SMILES string of the molecule is CC(C)(C)[S@@](=O)C[C@@](C)(C[C@H](OCC#N)c1ccccc1)c1cc([N+](=O)[O-])ccc1F. The molecule has 166 valence electrons. The van der Waals surface area contributed by atoms with E-state index in [9.17, 15) is 18.7 Å². The van der Waals surface area contributed by atoms with Gasteiger partial charge in [0.2, 0.25) is 0 Å². The van der Waals surface area contributed by atoms with Gasteiger partial charge >= 0.3 is 0 Å². The molecule has 3 atom stereocenters. The number of benzene rings is 2. The summed E-state index contributed by atoms with van der Waals surface area (Å²) in [4.78, 5) is 10.7. The van der Waals surface area contributed by atoms with E-state index in [-0.39, 0.29) is 30.0 Å². The van der Waals surface area contributed by atoms with Crippen molar-refractivity contribution in [3.63, 3.8) is 0 Å². The largest absolute Gasteiger partial charge is 0.359 e. The summed E-state index contributed by atoms with van der Waals surface area (Å²) in [5.74, 6) is -0.528. The van der Waals surface area contributed by atoms with E-state index < -0.39 is 37.8 Å². The average Bonchev–Trinajstić information content (AvgIpc) is 2.71. The molecule has 0 aliphatic heterocycles. The Morgan fingerprint density at radius 2 is 1.84 bits per heavy atom. The molecule has 0 spiro atoms. The van der Waals surface area contributed by atoms with Gasteiger partial charge in [0.05, 0.1) is 17.1 Å². The van der Waals surface area contributed by atoms with Crippen LogP contribution in [0.4, 0.5) is 10.1 Å². The fourth-order valence-corrected chi connectivity index (χ4v) is 4.61. The van der Waals surface area contributed by atoms with Gasteiger partial charge in [0.1, 0.15) is 12.4 Å². The van der Waals surface area contributed by atoms with Crippen LogP contribution >= 0.6 is 0 Å². The molecule has 0 saturated heterocycles. The highest BCUT2D eigenvalue weighted by Gasteiger charge is 2.38. The molecule has 0 unspecified atom stereocenters. The van der Waals surface area contributed by atoms with Gasteiger partial charge in [-0.1, -0.05) is 37.3 Å². The Hall–Kier alpha value is -2.63. The van der Waals surface area contributed by atoms with Gasteiger partial charge in [-0.3, -0.25) is 14.3 Å². The molecule has 0 radical (unpaired) electrons. The van der Waals surface area contributed by atoms with E-state index in [4.69, 9.17) is 10.00 Å². The summed E-state index contributed by atoms with van der Waals surface area (Å²) in [6, 6.07) is 14.5. The van der Waals surface area contributed by atoms with Crippen LogP contribution in [0.25, 0.3) is 0 Å². The Labute approximate surface area is 184 Å². The molecule has 0 aliphatic rings.